The standard InChI is InChI=1S/C25H41N2O7PS2Si/c1-15(2)16-9-11-25(6)18(13-16)33-35(36,37-25)31-14-17-21(34-38(7,8)24(3,4)5)20(29)22(32-17)27-12-10-19(28)26-23(27)30/h10,12,16-18,20-22,29H,1,9,11,13-14H2,2-8H3,(H,26,28,30)/t16-,17+,18+,20+,21+,22+,25+,35+/m0/s1. The normalized spacial score (nSPS) is 37.8. The zero-order chi connectivity index (χ0) is 28.3. The first kappa shape index (κ1) is 30.4. The molecule has 2 N–H and O–H groups in total. The second-order valence-electron chi connectivity index (χ2n) is 12.5. The lowest BCUT2D eigenvalue weighted by Gasteiger charge is -2.40. The Labute approximate surface area is 234 Å². The highest BCUT2D eigenvalue weighted by Gasteiger charge is 2.55. The van der Waals surface area contributed by atoms with Gasteiger partial charge in [-0.2, -0.15) is 0 Å². The number of H-pyrrole nitrogens is 1. The van der Waals surface area contributed by atoms with Gasteiger partial charge in [0.05, 0.1) is 12.7 Å². The number of aromatic amines is 1. The van der Waals surface area contributed by atoms with Crippen molar-refractivity contribution in [2.24, 2.45) is 5.92 Å². The molecule has 8 atom stereocenters. The van der Waals surface area contributed by atoms with Gasteiger partial charge in [-0.05, 0) is 69.0 Å². The molecule has 3 aliphatic rings. The van der Waals surface area contributed by atoms with Crippen molar-refractivity contribution in [3.63, 3.8) is 0 Å². The van der Waals surface area contributed by atoms with Crippen LogP contribution in [0.1, 0.15) is 60.1 Å². The Hall–Kier alpha value is -0.563. The predicted octanol–water partition coefficient (Wildman–Crippen LogP) is 4.69. The fourth-order valence-electron chi connectivity index (χ4n) is 4.98. The number of hydrogen-bond donors (Lipinski definition) is 2. The summed E-state index contributed by atoms with van der Waals surface area (Å²) in [5.41, 5.74) is -2.71. The first-order chi connectivity index (χ1) is 17.4. The van der Waals surface area contributed by atoms with Crippen molar-refractivity contribution in [2.45, 2.75) is 107 Å². The van der Waals surface area contributed by atoms with E-state index in [-0.39, 0.29) is 22.5 Å². The van der Waals surface area contributed by atoms with Crippen LogP contribution < -0.4 is 11.2 Å². The molecule has 1 aliphatic carbocycles. The van der Waals surface area contributed by atoms with Crippen molar-refractivity contribution in [1.82, 2.24) is 9.55 Å². The average molecular weight is 605 g/mol. The fraction of sp³-hybridized carbons (Fsp3) is 0.760. The van der Waals surface area contributed by atoms with Crippen LogP contribution in [0.2, 0.25) is 18.1 Å². The summed E-state index contributed by atoms with van der Waals surface area (Å²) in [6.45, 7) is 19.0. The Balaban J connectivity index is 1.55. The third-order valence-electron chi connectivity index (χ3n) is 8.51. The smallest absolute Gasteiger partial charge is 0.330 e. The second-order valence-corrected chi connectivity index (χ2v) is 23.8. The third-order valence-corrected chi connectivity index (χ3v) is 18.8. The number of aliphatic hydroxyl groups is 1. The van der Waals surface area contributed by atoms with Crippen LogP contribution >= 0.6 is 17.1 Å². The monoisotopic (exact) mass is 604 g/mol. The van der Waals surface area contributed by atoms with Crippen LogP contribution in [0.5, 0.6) is 0 Å². The van der Waals surface area contributed by atoms with Gasteiger partial charge < -0.3 is 23.3 Å². The molecular formula is C25H41N2O7PS2Si. The van der Waals surface area contributed by atoms with Gasteiger partial charge in [-0.25, -0.2) is 4.79 Å². The summed E-state index contributed by atoms with van der Waals surface area (Å²) in [6, 6.07) is 1.22. The van der Waals surface area contributed by atoms with Crippen molar-refractivity contribution in [1.29, 1.82) is 0 Å². The van der Waals surface area contributed by atoms with E-state index in [2.05, 4.69) is 59.3 Å². The summed E-state index contributed by atoms with van der Waals surface area (Å²) in [5.74, 6) is 0.419. The molecule has 2 saturated heterocycles. The number of nitrogens with zero attached hydrogens (tertiary/aromatic N) is 1. The van der Waals surface area contributed by atoms with E-state index >= 15 is 0 Å². The Bertz CT molecular complexity index is 1230. The van der Waals surface area contributed by atoms with E-state index < -0.39 is 49.8 Å². The number of nitrogens with one attached hydrogen (secondary N) is 1. The Morgan fingerprint density at radius 2 is 2.11 bits per heavy atom. The van der Waals surface area contributed by atoms with Crippen LogP contribution in [0.3, 0.4) is 0 Å². The van der Waals surface area contributed by atoms with Crippen molar-refractivity contribution < 1.29 is 23.3 Å². The van der Waals surface area contributed by atoms with Crippen LogP contribution in [0, 0.1) is 5.92 Å². The molecule has 3 fully saturated rings. The zero-order valence-corrected chi connectivity index (χ0v) is 26.8. The van der Waals surface area contributed by atoms with Gasteiger partial charge in [0.2, 0.25) is 5.69 Å². The number of hydrogen-bond acceptors (Lipinski definition) is 9. The molecule has 0 bridgehead atoms. The molecule has 0 aromatic carbocycles. The molecule has 1 saturated carbocycles. The molecule has 1 aromatic rings. The van der Waals surface area contributed by atoms with Crippen molar-refractivity contribution >= 4 is 37.2 Å². The second kappa shape index (κ2) is 10.7. The highest BCUT2D eigenvalue weighted by molar-refractivity contribution is 8.68. The third kappa shape index (κ3) is 6.04. The first-order valence-electron chi connectivity index (χ1n) is 13.1. The number of ether oxygens (including phenoxy) is 1. The quantitative estimate of drug-likeness (QED) is 0.260. The Kier molecular flexibility index (Phi) is 8.55. The molecule has 0 unspecified atom stereocenters. The maximum atomic E-state index is 12.5. The van der Waals surface area contributed by atoms with Crippen molar-refractivity contribution in [3.05, 3.63) is 45.3 Å². The molecule has 2 aliphatic heterocycles. The van der Waals surface area contributed by atoms with E-state index in [1.165, 1.54) is 22.4 Å². The van der Waals surface area contributed by atoms with Crippen LogP contribution in [0.15, 0.2) is 34.0 Å². The van der Waals surface area contributed by atoms with E-state index in [4.69, 9.17) is 30.0 Å². The molecule has 4 rings (SSSR count). The molecule has 0 spiro atoms. The van der Waals surface area contributed by atoms with Gasteiger partial charge in [0.25, 0.3) is 5.56 Å². The molecule has 1 aromatic heterocycles. The van der Waals surface area contributed by atoms with E-state index in [1.54, 1.807) is 11.4 Å². The van der Waals surface area contributed by atoms with Gasteiger partial charge in [0.15, 0.2) is 14.5 Å². The van der Waals surface area contributed by atoms with Crippen LogP contribution in [-0.2, 0) is 30.0 Å². The van der Waals surface area contributed by atoms with Gasteiger partial charge >= 0.3 is 5.69 Å². The van der Waals surface area contributed by atoms with E-state index in [9.17, 15) is 14.7 Å². The lowest BCUT2D eigenvalue weighted by atomic mass is 9.77. The first-order valence-corrected chi connectivity index (χ1v) is 20.0. The minimum absolute atomic E-state index is 0.00406. The Morgan fingerprint density at radius 3 is 2.71 bits per heavy atom. The van der Waals surface area contributed by atoms with Gasteiger partial charge in [-0.1, -0.05) is 44.3 Å². The summed E-state index contributed by atoms with van der Waals surface area (Å²) < 4.78 is 26.7. The summed E-state index contributed by atoms with van der Waals surface area (Å²) in [4.78, 5) is 26.3. The molecule has 13 heteroatoms. The van der Waals surface area contributed by atoms with Crippen molar-refractivity contribution in [3.8, 4) is 0 Å². The van der Waals surface area contributed by atoms with Gasteiger partial charge in [-0.3, -0.25) is 14.3 Å². The number of rotatable bonds is 7. The van der Waals surface area contributed by atoms with Crippen LogP contribution in [-0.4, -0.2) is 58.7 Å². The highest BCUT2D eigenvalue weighted by Crippen LogP contribution is 2.75. The predicted molar refractivity (Wildman–Crippen MR) is 157 cm³/mol. The molecule has 38 heavy (non-hydrogen) atoms. The summed E-state index contributed by atoms with van der Waals surface area (Å²) in [7, 11) is -2.34. The number of aromatic nitrogens is 2. The molecule has 3 heterocycles. The topological polar surface area (TPSA) is 112 Å². The van der Waals surface area contributed by atoms with E-state index in [0.29, 0.717) is 5.92 Å². The van der Waals surface area contributed by atoms with E-state index in [0.717, 1.165) is 19.3 Å². The summed E-state index contributed by atoms with van der Waals surface area (Å²) in [5, 5.41) is 11.2. The maximum Gasteiger partial charge on any atom is 0.330 e. The minimum Gasteiger partial charge on any atom is -0.408 e. The zero-order valence-electron chi connectivity index (χ0n) is 23.3. The largest absolute Gasteiger partial charge is 0.408 e. The van der Waals surface area contributed by atoms with Gasteiger partial charge in [0, 0.05) is 17.0 Å². The number of allylic oxidation sites excluding steroid dienone is 1. The van der Waals surface area contributed by atoms with Crippen LogP contribution in [0.25, 0.3) is 0 Å². The number of fused-ring (bicyclic) bond motifs is 1. The van der Waals surface area contributed by atoms with Crippen LogP contribution in [0.4, 0.5) is 0 Å². The van der Waals surface area contributed by atoms with Crippen molar-refractivity contribution in [2.75, 3.05) is 6.61 Å². The van der Waals surface area contributed by atoms with Gasteiger partial charge in [-0.15, -0.1) is 0 Å². The molecule has 0 amide bonds. The molecule has 0 radical (unpaired) electrons. The fourth-order valence-corrected chi connectivity index (χ4v) is 13.4. The maximum absolute atomic E-state index is 12.5. The lowest BCUT2D eigenvalue weighted by molar-refractivity contribution is -0.0517. The molecule has 9 nitrogen and oxygen atoms in total. The highest BCUT2D eigenvalue weighted by atomic mass is 32.9. The molecular weight excluding hydrogens is 563 g/mol. The average Bonchev–Trinajstić information content (AvgIpc) is 3.23. The van der Waals surface area contributed by atoms with E-state index in [1.807, 2.05) is 0 Å². The SMILES string of the molecule is C=C(C)[C@H]1CC[C@@]2(C)S[P@](=S)(OC[C@H]3O[C@@H](n4ccc(=O)[nH]c4=O)[C@H](O)[C@@H]3O[Si](C)(C)C(C)(C)C)O[C@@H]2C1. The minimum atomic E-state index is -2.69. The molecule has 214 valence electrons. The lowest BCUT2D eigenvalue weighted by Crippen LogP contribution is -2.50. The van der Waals surface area contributed by atoms with Gasteiger partial charge in [0.1, 0.15) is 18.3 Å². The summed E-state index contributed by atoms with van der Waals surface area (Å²) >= 11 is 7.57. The summed E-state index contributed by atoms with van der Waals surface area (Å²) in [6.07, 6.45) is 0.597. The Morgan fingerprint density at radius 1 is 1.42 bits per heavy atom. The number of aliphatic hydroxyl groups excluding tert-OH is 1.